The highest BCUT2D eigenvalue weighted by Gasteiger charge is 2.24. The van der Waals surface area contributed by atoms with E-state index in [0.717, 1.165) is 122 Å². The van der Waals surface area contributed by atoms with Crippen molar-refractivity contribution >= 4 is 43.6 Å². The van der Waals surface area contributed by atoms with Gasteiger partial charge in [-0.15, -0.1) is 0 Å². The highest BCUT2D eigenvalue weighted by molar-refractivity contribution is 6.12. The molecule has 8 nitrogen and oxygen atoms in total. The van der Waals surface area contributed by atoms with E-state index in [-0.39, 0.29) is 0 Å². The molecule has 0 saturated carbocycles. The van der Waals surface area contributed by atoms with Crippen molar-refractivity contribution in [3.63, 3.8) is 0 Å². The fourth-order valence-electron chi connectivity index (χ4n) is 13.0. The molecule has 17 rings (SSSR count). The first-order valence-electron chi connectivity index (χ1n) is 30.9. The lowest BCUT2D eigenvalue weighted by Crippen LogP contribution is -2.04. The SMILES string of the molecule is c1ccc(-c2ccc3c(c2)c2ccccc2n3-c2ccc(-c3cccc(-c4ccc(-n5c6ccccc6c6cc(-c7ccccc7)ccc65)c(-c5nc(-c6ccccc6)nc(-c6ccccc6)n5)c4)c3)cc2-c2nc(-c3ccccc3)nc(-c3ccccc3)n2)cc1. The maximum absolute atomic E-state index is 5.40. The minimum absolute atomic E-state index is 0.557. The first kappa shape index (κ1) is 53.7. The Morgan fingerprint density at radius 3 is 0.783 bits per heavy atom. The van der Waals surface area contributed by atoms with Crippen LogP contribution in [0.1, 0.15) is 0 Å². The van der Waals surface area contributed by atoms with Crippen molar-refractivity contribution in [3.05, 3.63) is 328 Å². The lowest BCUT2D eigenvalue weighted by molar-refractivity contribution is 1.06. The lowest BCUT2D eigenvalue weighted by Gasteiger charge is -2.17. The molecular weight excluding hydrogens is 1120 g/mol. The quantitative estimate of drug-likeness (QED) is 0.121. The average Bonchev–Trinajstić information content (AvgIpc) is 1.59. The van der Waals surface area contributed by atoms with Gasteiger partial charge in [-0.25, -0.2) is 29.9 Å². The van der Waals surface area contributed by atoms with Crippen LogP contribution in [-0.4, -0.2) is 39.0 Å². The van der Waals surface area contributed by atoms with Gasteiger partial charge in [0.15, 0.2) is 34.9 Å². The van der Waals surface area contributed by atoms with Gasteiger partial charge in [-0.2, -0.15) is 0 Å². The van der Waals surface area contributed by atoms with Gasteiger partial charge in [-0.3, -0.25) is 0 Å². The molecular formula is C84H54N8. The molecule has 0 radical (unpaired) electrons. The monoisotopic (exact) mass is 1170 g/mol. The Kier molecular flexibility index (Phi) is 13.4. The summed E-state index contributed by atoms with van der Waals surface area (Å²) in [7, 11) is 0. The van der Waals surface area contributed by atoms with Gasteiger partial charge in [-0.05, 0) is 111 Å². The van der Waals surface area contributed by atoms with Gasteiger partial charge >= 0.3 is 0 Å². The first-order chi connectivity index (χ1) is 45.6. The van der Waals surface area contributed by atoms with E-state index in [1.807, 2.05) is 72.8 Å². The number of rotatable bonds is 12. The molecule has 0 aliphatic rings. The van der Waals surface area contributed by atoms with E-state index >= 15 is 0 Å². The molecule has 0 fully saturated rings. The smallest absolute Gasteiger partial charge is 0.166 e. The van der Waals surface area contributed by atoms with Crippen LogP contribution in [0.3, 0.4) is 0 Å². The van der Waals surface area contributed by atoms with E-state index < -0.39 is 0 Å². The summed E-state index contributed by atoms with van der Waals surface area (Å²) in [6, 6.07) is 115. The molecule has 8 heteroatoms. The van der Waals surface area contributed by atoms with Gasteiger partial charge < -0.3 is 9.13 Å². The van der Waals surface area contributed by atoms with Crippen molar-refractivity contribution in [2.24, 2.45) is 0 Å². The second-order valence-electron chi connectivity index (χ2n) is 23.0. The first-order valence-corrected chi connectivity index (χ1v) is 30.9. The van der Waals surface area contributed by atoms with Crippen molar-refractivity contribution in [2.75, 3.05) is 0 Å². The molecule has 0 saturated heterocycles. The summed E-state index contributed by atoms with van der Waals surface area (Å²) in [4.78, 5) is 31.9. The van der Waals surface area contributed by atoms with Gasteiger partial charge in [0.1, 0.15) is 0 Å². The van der Waals surface area contributed by atoms with Crippen molar-refractivity contribution in [1.82, 2.24) is 39.0 Å². The summed E-state index contributed by atoms with van der Waals surface area (Å²) in [6.45, 7) is 0. The number of para-hydroxylation sites is 2. The normalized spacial score (nSPS) is 11.5. The second-order valence-corrected chi connectivity index (χ2v) is 23.0. The fourth-order valence-corrected chi connectivity index (χ4v) is 13.0. The fraction of sp³-hybridized carbons (Fsp3) is 0. The van der Waals surface area contributed by atoms with Crippen LogP contribution in [0, 0.1) is 0 Å². The molecule has 0 bridgehead atoms. The number of nitrogens with zero attached hydrogens (tertiary/aromatic N) is 8. The number of fused-ring (bicyclic) bond motifs is 6. The van der Waals surface area contributed by atoms with Gasteiger partial charge in [-0.1, -0.05) is 261 Å². The number of hydrogen-bond donors (Lipinski definition) is 0. The predicted octanol–water partition coefficient (Wildman–Crippen LogP) is 20.9. The molecule has 0 N–H and O–H groups in total. The molecule has 4 aromatic heterocycles. The van der Waals surface area contributed by atoms with Crippen LogP contribution in [0.2, 0.25) is 0 Å². The Balaban J connectivity index is 0.871. The molecule has 4 heterocycles. The molecule has 92 heavy (non-hydrogen) atoms. The molecule has 430 valence electrons. The van der Waals surface area contributed by atoms with Crippen molar-refractivity contribution in [1.29, 1.82) is 0 Å². The largest absolute Gasteiger partial charge is 0.309 e. The Hall–Kier alpha value is -12.5. The summed E-state index contributed by atoms with van der Waals surface area (Å²) >= 11 is 0. The van der Waals surface area contributed by atoms with Crippen LogP contribution in [0.25, 0.3) is 168 Å². The van der Waals surface area contributed by atoms with Crippen LogP contribution in [0.5, 0.6) is 0 Å². The highest BCUT2D eigenvalue weighted by atomic mass is 15.1. The zero-order chi connectivity index (χ0) is 60.9. The maximum Gasteiger partial charge on any atom is 0.166 e. The number of aromatic nitrogens is 8. The van der Waals surface area contributed by atoms with Crippen LogP contribution >= 0.6 is 0 Å². The van der Waals surface area contributed by atoms with E-state index in [0.29, 0.717) is 34.9 Å². The van der Waals surface area contributed by atoms with Gasteiger partial charge in [0.05, 0.1) is 33.4 Å². The zero-order valence-electron chi connectivity index (χ0n) is 49.8. The maximum atomic E-state index is 5.40. The number of hydrogen-bond acceptors (Lipinski definition) is 6. The van der Waals surface area contributed by atoms with Crippen molar-refractivity contribution < 1.29 is 0 Å². The van der Waals surface area contributed by atoms with Crippen LogP contribution in [-0.2, 0) is 0 Å². The van der Waals surface area contributed by atoms with Crippen LogP contribution in [0.4, 0.5) is 0 Å². The summed E-state index contributed by atoms with van der Waals surface area (Å²) in [5, 5.41) is 4.61. The molecule has 0 amide bonds. The Labute approximate surface area is 531 Å². The molecule has 0 unspecified atom stereocenters. The van der Waals surface area contributed by atoms with Crippen molar-refractivity contribution in [2.45, 2.75) is 0 Å². The van der Waals surface area contributed by atoms with E-state index in [1.54, 1.807) is 0 Å². The molecule has 0 spiro atoms. The van der Waals surface area contributed by atoms with Gasteiger partial charge in [0, 0.05) is 54.9 Å². The highest BCUT2D eigenvalue weighted by Crippen LogP contribution is 2.43. The summed E-state index contributed by atoms with van der Waals surface area (Å²) < 4.78 is 4.75. The van der Waals surface area contributed by atoms with E-state index in [2.05, 4.69) is 264 Å². The molecule has 0 atom stereocenters. The van der Waals surface area contributed by atoms with Crippen LogP contribution in [0.15, 0.2) is 328 Å². The summed E-state index contributed by atoms with van der Waals surface area (Å²) in [6.07, 6.45) is 0. The van der Waals surface area contributed by atoms with E-state index in [4.69, 9.17) is 29.9 Å². The summed E-state index contributed by atoms with van der Waals surface area (Å²) in [5.41, 5.74) is 20.1. The summed E-state index contributed by atoms with van der Waals surface area (Å²) in [5.74, 6) is 3.46. The minimum Gasteiger partial charge on any atom is -0.309 e. The van der Waals surface area contributed by atoms with Crippen LogP contribution < -0.4 is 0 Å². The third kappa shape index (κ3) is 9.76. The molecule has 0 aliphatic carbocycles. The third-order valence-corrected chi connectivity index (χ3v) is 17.4. The molecule has 13 aromatic carbocycles. The average molecular weight is 1180 g/mol. The Morgan fingerprint density at radius 1 is 0.163 bits per heavy atom. The molecule has 17 aromatic rings. The topological polar surface area (TPSA) is 87.2 Å². The second kappa shape index (κ2) is 22.9. The van der Waals surface area contributed by atoms with E-state index in [9.17, 15) is 0 Å². The minimum atomic E-state index is 0.557. The van der Waals surface area contributed by atoms with E-state index in [1.165, 1.54) is 11.1 Å². The molecule has 0 aliphatic heterocycles. The standard InChI is InChI=1S/C84H54N8/c1-7-24-55(25-8-1)63-42-46-75-69(51-63)67-38-19-21-40-73(67)91(75)77-48-44-65(53-71(77)83-87-79(57-28-11-3-12-29-57)85-80(88-83)58-30-13-4-14-31-58)61-36-23-37-62(50-61)66-45-49-78(92-74-41-22-20-39-68(74)70-52-64(43-47-76(70)92)56-26-9-2-10-27-56)72(54-66)84-89-81(59-32-15-5-16-33-59)86-82(90-84)60-34-17-6-18-35-60/h1-54H. The van der Waals surface area contributed by atoms with Crippen molar-refractivity contribution in [3.8, 4) is 124 Å². The lowest BCUT2D eigenvalue weighted by atomic mass is 9.95. The van der Waals surface area contributed by atoms with Gasteiger partial charge in [0.25, 0.3) is 0 Å². The zero-order valence-corrected chi connectivity index (χ0v) is 49.8. The Bertz CT molecular complexity index is 5150. The third-order valence-electron chi connectivity index (χ3n) is 17.4. The number of benzene rings is 13. The van der Waals surface area contributed by atoms with Gasteiger partial charge in [0.2, 0.25) is 0 Å². The Morgan fingerprint density at radius 2 is 0.424 bits per heavy atom. The predicted molar refractivity (Wildman–Crippen MR) is 376 cm³/mol.